The molecule has 3 saturated carbocycles. The highest BCUT2D eigenvalue weighted by atomic mass is 127. The Bertz CT molecular complexity index is 4280. The van der Waals surface area contributed by atoms with Gasteiger partial charge in [-0.05, 0) is 159 Å². The van der Waals surface area contributed by atoms with Crippen LogP contribution in [0.1, 0.15) is 152 Å². The number of hydroxylamine groups is 2. The number of amides is 3. The van der Waals surface area contributed by atoms with Crippen molar-refractivity contribution in [3.05, 3.63) is 227 Å². The van der Waals surface area contributed by atoms with Gasteiger partial charge < -0.3 is 21.5 Å². The van der Waals surface area contributed by atoms with E-state index in [0.717, 1.165) is 50.3 Å². The lowest BCUT2D eigenvalue weighted by atomic mass is 9.92. The number of para-hydroxylation sites is 2. The first kappa shape index (κ1) is 78.7. The maximum atomic E-state index is 12.9. The third-order valence-electron chi connectivity index (χ3n) is 14.7. The van der Waals surface area contributed by atoms with Crippen LogP contribution in [-0.4, -0.2) is 96.0 Å². The van der Waals surface area contributed by atoms with E-state index in [-0.39, 0.29) is 45.3 Å². The van der Waals surface area contributed by atoms with Gasteiger partial charge in [0.05, 0.1) is 90.1 Å². The Balaban J connectivity index is 0.000000183. The van der Waals surface area contributed by atoms with Crippen molar-refractivity contribution in [2.24, 2.45) is 11.1 Å². The zero-order valence-electron chi connectivity index (χ0n) is 57.5. The summed E-state index contributed by atoms with van der Waals surface area (Å²) in [5.41, 5.74) is 15.7. The Morgan fingerprint density at radius 3 is 1.67 bits per heavy atom. The molecule has 3 fully saturated rings. The number of carbonyl (C=O) groups excluding carboxylic acids is 3. The summed E-state index contributed by atoms with van der Waals surface area (Å²) in [5.74, 6) is 4.20. The molecule has 3 aliphatic carbocycles. The van der Waals surface area contributed by atoms with E-state index < -0.39 is 20.1 Å². The number of aryl methyl sites for hydroxylation is 2. The van der Waals surface area contributed by atoms with Gasteiger partial charge >= 0.3 is 5.97 Å². The number of nitrogens with one attached hydrogen (secondary N) is 2. The van der Waals surface area contributed by atoms with Gasteiger partial charge in [0, 0.05) is 55.2 Å². The summed E-state index contributed by atoms with van der Waals surface area (Å²) in [4.78, 5) is 63.4. The maximum Gasteiger partial charge on any atom is 0.337 e. The molecule has 0 radical (unpaired) electrons. The van der Waals surface area contributed by atoms with Gasteiger partial charge in [0.2, 0.25) is 5.91 Å². The van der Waals surface area contributed by atoms with Crippen LogP contribution >= 0.6 is 57.4 Å². The summed E-state index contributed by atoms with van der Waals surface area (Å²) >= 11 is 20.2. The Kier molecular flexibility index (Phi) is 29.7. The fourth-order valence-corrected chi connectivity index (χ4v) is 11.1. The molecular formula is C75H87Cl3IN11O7Si. The average molecular weight is 1520 g/mol. The Morgan fingerprint density at radius 2 is 1.22 bits per heavy atom. The van der Waals surface area contributed by atoms with Crippen molar-refractivity contribution in [2.75, 3.05) is 19.5 Å². The molecule has 98 heavy (non-hydrogen) atoms. The van der Waals surface area contributed by atoms with Gasteiger partial charge in [-0.15, -0.1) is 12.0 Å². The second-order valence-electron chi connectivity index (χ2n) is 26.0. The van der Waals surface area contributed by atoms with Gasteiger partial charge in [-0.1, -0.05) is 160 Å². The molecule has 18 nitrogen and oxygen atoms in total. The first-order chi connectivity index (χ1) is 46.4. The lowest BCUT2D eigenvalue weighted by molar-refractivity contribution is -0.171. The fraction of sp³-hybridized carbons (Fsp3) is 0.333. The number of rotatable bonds is 12. The van der Waals surface area contributed by atoms with Crippen molar-refractivity contribution in [1.29, 1.82) is 0 Å². The number of benzene rings is 5. The third kappa shape index (κ3) is 25.5. The van der Waals surface area contributed by atoms with Crippen LogP contribution in [0.5, 0.6) is 0 Å². The minimum Gasteiger partial charge on any atom is -0.478 e. The number of carbonyl (C=O) groups is 4. The van der Waals surface area contributed by atoms with Crippen molar-refractivity contribution in [3.63, 3.8) is 0 Å². The smallest absolute Gasteiger partial charge is 0.337 e. The topological polar surface area (TPSA) is 227 Å². The fourth-order valence-electron chi connectivity index (χ4n) is 9.26. The summed E-state index contributed by atoms with van der Waals surface area (Å²) in [6, 6.07) is 37.8. The lowest BCUT2D eigenvalue weighted by Crippen LogP contribution is -2.45. The molecular weight excluding hydrogens is 1430 g/mol. The molecule has 0 aliphatic heterocycles. The van der Waals surface area contributed by atoms with Crippen molar-refractivity contribution in [3.8, 4) is 29.5 Å². The summed E-state index contributed by atoms with van der Waals surface area (Å²) in [6.07, 6.45) is 24.9. The number of anilines is 1. The molecule has 3 aliphatic rings. The number of hydrogen-bond acceptors (Lipinski definition) is 10. The van der Waals surface area contributed by atoms with Gasteiger partial charge in [-0.3, -0.25) is 42.6 Å². The van der Waals surface area contributed by atoms with Crippen molar-refractivity contribution in [2.45, 2.75) is 143 Å². The van der Waals surface area contributed by atoms with Gasteiger partial charge in [-0.25, -0.2) is 9.86 Å². The number of aromatic nitrogens is 7. The van der Waals surface area contributed by atoms with Crippen LogP contribution in [0.2, 0.25) is 34.7 Å². The van der Waals surface area contributed by atoms with Crippen LogP contribution in [0.25, 0.3) is 16.5 Å². The summed E-state index contributed by atoms with van der Waals surface area (Å²) < 4.78 is 8.93. The van der Waals surface area contributed by atoms with Gasteiger partial charge in [0.1, 0.15) is 14.1 Å². The van der Waals surface area contributed by atoms with Crippen LogP contribution in [0.3, 0.4) is 0 Å². The molecule has 2 atom stereocenters. The van der Waals surface area contributed by atoms with E-state index in [0.29, 0.717) is 45.1 Å². The number of halogens is 4. The number of nitrogens with zero attached hydrogens (tertiary/aromatic N) is 8. The zero-order valence-corrected chi connectivity index (χ0v) is 62.9. The molecule has 0 saturated heterocycles. The van der Waals surface area contributed by atoms with E-state index in [1.54, 1.807) is 54.9 Å². The quantitative estimate of drug-likeness (QED) is 0.0389. The SMILES string of the molecule is C#Cc1cnn(C2CC2)c1.CON(C)C(=O)[C@H](C)NC(=O)CC(C)(C)C.C[C@H](N)c1cc2cccc(Cl)c2c(=O)n1-c1ccccc1.C[Si](C)(C)C#Cc1cnn(C2CC2)c1.Cc1cccc(Cl)c1C(=O)Nc1ccccc1.Cc1cccc(Cl)c1C(=O)O.Ic1cnn(C2CC2)c1. The molecule has 516 valence electrons. The summed E-state index contributed by atoms with van der Waals surface area (Å²) in [6.45, 7) is 19.8. The number of pyridine rings is 1. The number of hydrogen-bond donors (Lipinski definition) is 4. The summed E-state index contributed by atoms with van der Waals surface area (Å²) in [7, 11) is 1.67. The molecule has 0 spiro atoms. The first-order valence-electron chi connectivity index (χ1n) is 32.0. The predicted molar refractivity (Wildman–Crippen MR) is 405 cm³/mol. The molecule has 0 bridgehead atoms. The van der Waals surface area contributed by atoms with Crippen molar-refractivity contribution in [1.82, 2.24) is 44.3 Å². The molecule has 5 aromatic carbocycles. The van der Waals surface area contributed by atoms with Gasteiger partial charge in [-0.2, -0.15) is 15.3 Å². The number of likely N-dealkylation sites (N-methyl/N-ethyl adjacent to an activating group) is 1. The van der Waals surface area contributed by atoms with Crippen LogP contribution in [0, 0.1) is 46.6 Å². The number of carboxylic acid groups (broad SMARTS) is 1. The van der Waals surface area contributed by atoms with Crippen molar-refractivity contribution >= 4 is 106 Å². The molecule has 12 rings (SSSR count). The van der Waals surface area contributed by atoms with Crippen LogP contribution < -0.4 is 21.9 Å². The Morgan fingerprint density at radius 1 is 0.735 bits per heavy atom. The number of aromatic carboxylic acids is 1. The molecule has 23 heteroatoms. The number of nitrogens with two attached hydrogens (primary N) is 1. The molecule has 4 aromatic heterocycles. The van der Waals surface area contributed by atoms with Crippen LogP contribution in [-0.2, 0) is 14.4 Å². The van der Waals surface area contributed by atoms with Crippen molar-refractivity contribution < 1.29 is 29.1 Å². The highest BCUT2D eigenvalue weighted by molar-refractivity contribution is 14.1. The van der Waals surface area contributed by atoms with Crippen LogP contribution in [0.15, 0.2) is 163 Å². The highest BCUT2D eigenvalue weighted by Crippen LogP contribution is 2.36. The van der Waals surface area contributed by atoms with Crippen LogP contribution in [0.4, 0.5) is 5.69 Å². The Hall–Kier alpha value is -8.32. The van der Waals surface area contributed by atoms with Gasteiger partial charge in [0.25, 0.3) is 17.4 Å². The number of carboxylic acids is 1. The average Bonchev–Trinajstić information content (AvgIpc) is 1.72. The number of terminal acetylenes is 1. The normalized spacial score (nSPS) is 13.3. The second-order valence-corrected chi connectivity index (χ2v) is 33.2. The van der Waals surface area contributed by atoms with E-state index in [4.69, 9.17) is 56.9 Å². The van der Waals surface area contributed by atoms with Gasteiger partial charge in [0.15, 0.2) is 0 Å². The van der Waals surface area contributed by atoms with E-state index in [1.165, 1.54) is 56.3 Å². The summed E-state index contributed by atoms with van der Waals surface area (Å²) in [5, 5.41) is 30.4. The standard InChI is InChI=1S/C17H15ClN2O.C14H12ClNO.C11H22N2O3.C11H16N2Si.C8H7ClO2.C8H8N2.C6H7IN2/c1-11(19)15-10-12-6-5-9-14(18)16(12)17(21)20(15)13-7-3-2-4-8-13;1-10-6-5-9-12(15)13(10)14(17)16-11-7-3-2-4-8-11;1-8(10(15)13(5)16-6)12-9(14)7-11(2,3)4;1-14(2,3)7-6-10-8-12-13(9-10)11-4-5-11;1-5-3-2-4-6(9)7(5)8(10)11;1-2-7-5-9-10(6-7)8-3-4-8;7-5-3-8-9(4-5)6-1-2-6/h2-11H,19H2,1H3;2-9H,1H3,(H,16,17);8H,7H2,1-6H3,(H,12,14);8-9,11H,4-5H2,1-3H3;2-4H,1H3,(H,10,11);1,5-6,8H,3-4H2;3-4,6H,1-2H2/t11-;;8-;;;;/m0.0..../s1. The lowest BCUT2D eigenvalue weighted by Gasteiger charge is -2.22. The number of fused-ring (bicyclic) bond motifs is 1. The van der Waals surface area contributed by atoms with E-state index in [2.05, 4.69) is 103 Å². The second kappa shape index (κ2) is 37.0. The predicted octanol–water partition coefficient (Wildman–Crippen LogP) is 16.3. The zero-order chi connectivity index (χ0) is 72.0. The molecule has 0 unspecified atom stereocenters. The third-order valence-corrected chi connectivity index (χ3v) is 17.1. The first-order valence-corrected chi connectivity index (χ1v) is 37.7. The molecule has 3 amide bonds. The monoisotopic (exact) mass is 1510 g/mol. The van der Waals surface area contributed by atoms with E-state index in [9.17, 15) is 24.0 Å². The molecule has 4 heterocycles. The minimum atomic E-state index is -1.24. The van der Waals surface area contributed by atoms with E-state index >= 15 is 0 Å². The Labute approximate surface area is 604 Å². The largest absolute Gasteiger partial charge is 0.478 e. The molecule has 5 N–H and O–H groups in total. The van der Waals surface area contributed by atoms with E-state index in [1.807, 2.05) is 154 Å². The maximum absolute atomic E-state index is 12.9. The highest BCUT2D eigenvalue weighted by Gasteiger charge is 2.27. The molecule has 9 aromatic rings. The minimum absolute atomic E-state index is 0.0833.